The van der Waals surface area contributed by atoms with Crippen LogP contribution in [0.15, 0.2) is 42.5 Å². The molecule has 1 fully saturated rings. The standard InChI is InChI=1S/C23H28N2O4/c1-15(23(27)24-18-9-7-17(8-10-18)16(2)26)25-13-5-6-21(25)20-12-11-19(28-3)14-22(20)29-4/h7-12,14-15,21H,5-6,13H2,1-4H3,(H,24,27)/p+1/t15-,21+/m0/s1. The summed E-state index contributed by atoms with van der Waals surface area (Å²) in [5.41, 5.74) is 2.43. The molecule has 0 spiro atoms. The van der Waals surface area contributed by atoms with Gasteiger partial charge in [0.15, 0.2) is 11.8 Å². The van der Waals surface area contributed by atoms with Gasteiger partial charge >= 0.3 is 0 Å². The van der Waals surface area contributed by atoms with Crippen molar-refractivity contribution in [2.75, 3.05) is 26.1 Å². The number of ether oxygens (including phenoxy) is 2. The molecule has 0 aliphatic carbocycles. The molecule has 2 aromatic carbocycles. The van der Waals surface area contributed by atoms with E-state index in [2.05, 4.69) is 5.32 Å². The maximum Gasteiger partial charge on any atom is 0.282 e. The maximum atomic E-state index is 12.9. The minimum atomic E-state index is -0.221. The average Bonchev–Trinajstić information content (AvgIpc) is 3.22. The number of ketones is 1. The molecule has 2 aromatic rings. The van der Waals surface area contributed by atoms with Crippen LogP contribution in [0.3, 0.4) is 0 Å². The van der Waals surface area contributed by atoms with Crippen molar-refractivity contribution in [2.24, 2.45) is 0 Å². The smallest absolute Gasteiger partial charge is 0.282 e. The van der Waals surface area contributed by atoms with Gasteiger partial charge in [-0.3, -0.25) is 9.59 Å². The first kappa shape index (κ1) is 20.9. The van der Waals surface area contributed by atoms with Crippen LogP contribution in [0.1, 0.15) is 48.7 Å². The van der Waals surface area contributed by atoms with Crippen LogP contribution in [-0.2, 0) is 4.79 Å². The zero-order chi connectivity index (χ0) is 21.0. The predicted octanol–water partition coefficient (Wildman–Crippen LogP) is 2.65. The molecule has 0 saturated carbocycles. The number of hydrogen-bond donors (Lipinski definition) is 2. The third kappa shape index (κ3) is 4.59. The predicted molar refractivity (Wildman–Crippen MR) is 112 cm³/mol. The molecule has 0 aromatic heterocycles. The summed E-state index contributed by atoms with van der Waals surface area (Å²) in [6.07, 6.45) is 2.06. The van der Waals surface area contributed by atoms with Crippen LogP contribution < -0.4 is 19.7 Å². The third-order valence-electron chi connectivity index (χ3n) is 5.73. The summed E-state index contributed by atoms with van der Waals surface area (Å²) in [5, 5.41) is 2.98. The Hall–Kier alpha value is -2.86. The van der Waals surface area contributed by atoms with Gasteiger partial charge in [0.25, 0.3) is 5.91 Å². The fraction of sp³-hybridized carbons (Fsp3) is 0.391. The van der Waals surface area contributed by atoms with Crippen LogP contribution in [-0.4, -0.2) is 38.5 Å². The van der Waals surface area contributed by atoms with Crippen LogP contribution in [0.25, 0.3) is 0 Å². The molecule has 6 nitrogen and oxygen atoms in total. The molecule has 0 radical (unpaired) electrons. The number of carbonyl (C=O) groups excluding carboxylic acids is 2. The van der Waals surface area contributed by atoms with Crippen molar-refractivity contribution >= 4 is 17.4 Å². The topological polar surface area (TPSA) is 69.1 Å². The quantitative estimate of drug-likeness (QED) is 0.705. The molecular formula is C23H29N2O4+. The van der Waals surface area contributed by atoms with Gasteiger partial charge in [-0.25, -0.2) is 0 Å². The fourth-order valence-electron chi connectivity index (χ4n) is 4.06. The summed E-state index contributed by atoms with van der Waals surface area (Å²) >= 11 is 0. The number of Topliss-reactive ketones (excluding diaryl/α,β-unsaturated/α-hetero) is 1. The van der Waals surface area contributed by atoms with Crippen molar-refractivity contribution in [3.8, 4) is 11.5 Å². The Morgan fingerprint density at radius 3 is 2.45 bits per heavy atom. The summed E-state index contributed by atoms with van der Waals surface area (Å²) in [5.74, 6) is 1.52. The molecule has 0 bridgehead atoms. The maximum absolute atomic E-state index is 12.9. The number of rotatable bonds is 7. The first-order valence-electron chi connectivity index (χ1n) is 9.94. The summed E-state index contributed by atoms with van der Waals surface area (Å²) in [6.45, 7) is 4.42. The van der Waals surface area contributed by atoms with E-state index in [0.717, 1.165) is 36.4 Å². The van der Waals surface area contributed by atoms with Gasteiger partial charge in [-0.05, 0) is 50.2 Å². The van der Waals surface area contributed by atoms with Crippen molar-refractivity contribution in [1.29, 1.82) is 0 Å². The number of amides is 1. The minimum absolute atomic E-state index is 0.00837. The van der Waals surface area contributed by atoms with Gasteiger partial charge in [0, 0.05) is 30.2 Å². The van der Waals surface area contributed by atoms with Crippen LogP contribution in [0.4, 0.5) is 5.69 Å². The first-order valence-corrected chi connectivity index (χ1v) is 9.94. The van der Waals surface area contributed by atoms with Crippen LogP contribution in [0, 0.1) is 0 Å². The van der Waals surface area contributed by atoms with Crippen molar-refractivity contribution < 1.29 is 24.0 Å². The van der Waals surface area contributed by atoms with Gasteiger partial charge < -0.3 is 19.7 Å². The monoisotopic (exact) mass is 397 g/mol. The van der Waals surface area contributed by atoms with E-state index in [1.807, 2.05) is 25.1 Å². The second-order valence-electron chi connectivity index (χ2n) is 7.47. The molecular weight excluding hydrogens is 368 g/mol. The van der Waals surface area contributed by atoms with Gasteiger partial charge in [-0.2, -0.15) is 0 Å². The van der Waals surface area contributed by atoms with E-state index >= 15 is 0 Å². The lowest BCUT2D eigenvalue weighted by molar-refractivity contribution is -0.932. The minimum Gasteiger partial charge on any atom is -0.497 e. The summed E-state index contributed by atoms with van der Waals surface area (Å²) in [7, 11) is 3.30. The van der Waals surface area contributed by atoms with Crippen LogP contribution >= 0.6 is 0 Å². The molecule has 1 amide bonds. The Morgan fingerprint density at radius 2 is 1.83 bits per heavy atom. The zero-order valence-corrected chi connectivity index (χ0v) is 17.5. The number of quaternary nitrogens is 1. The van der Waals surface area contributed by atoms with Gasteiger partial charge in [0.05, 0.1) is 26.3 Å². The number of anilines is 1. The zero-order valence-electron chi connectivity index (χ0n) is 17.5. The van der Waals surface area contributed by atoms with Crippen molar-refractivity contribution in [3.63, 3.8) is 0 Å². The van der Waals surface area contributed by atoms with Gasteiger partial charge in [-0.15, -0.1) is 0 Å². The van der Waals surface area contributed by atoms with E-state index in [1.165, 1.54) is 11.8 Å². The number of nitrogens with one attached hydrogen (secondary N) is 2. The molecule has 1 unspecified atom stereocenters. The highest BCUT2D eigenvalue weighted by Crippen LogP contribution is 2.32. The lowest BCUT2D eigenvalue weighted by atomic mass is 10.0. The second-order valence-corrected chi connectivity index (χ2v) is 7.47. The molecule has 6 heteroatoms. The molecule has 1 aliphatic rings. The normalized spacial score (nSPS) is 19.4. The number of benzene rings is 2. The number of likely N-dealkylation sites (tertiary alicyclic amines) is 1. The van der Waals surface area contributed by atoms with Gasteiger partial charge in [0.1, 0.15) is 17.5 Å². The number of hydrogen-bond acceptors (Lipinski definition) is 4. The van der Waals surface area contributed by atoms with E-state index in [1.54, 1.807) is 38.5 Å². The second kappa shape index (κ2) is 9.09. The Bertz CT molecular complexity index is 879. The molecule has 29 heavy (non-hydrogen) atoms. The van der Waals surface area contributed by atoms with Crippen molar-refractivity contribution in [1.82, 2.24) is 0 Å². The van der Waals surface area contributed by atoms with E-state index in [-0.39, 0.29) is 23.8 Å². The average molecular weight is 397 g/mol. The highest BCUT2D eigenvalue weighted by Gasteiger charge is 2.38. The van der Waals surface area contributed by atoms with Crippen molar-refractivity contribution in [2.45, 2.75) is 38.8 Å². The third-order valence-corrected chi connectivity index (χ3v) is 5.73. The Kier molecular flexibility index (Phi) is 6.54. The summed E-state index contributed by atoms with van der Waals surface area (Å²) in [6, 6.07) is 12.8. The van der Waals surface area contributed by atoms with Crippen LogP contribution in [0.5, 0.6) is 11.5 Å². The van der Waals surface area contributed by atoms with Crippen LogP contribution in [0.2, 0.25) is 0 Å². The molecule has 2 N–H and O–H groups in total. The SMILES string of the molecule is COc1ccc([C@H]2CCC[NH+]2[C@@H](C)C(=O)Nc2ccc(C(C)=O)cc2)c(OC)c1. The Labute approximate surface area is 171 Å². The Balaban J connectivity index is 1.74. The molecule has 3 atom stereocenters. The van der Waals surface area contributed by atoms with E-state index in [9.17, 15) is 9.59 Å². The fourth-order valence-corrected chi connectivity index (χ4v) is 4.06. The Morgan fingerprint density at radius 1 is 1.10 bits per heavy atom. The highest BCUT2D eigenvalue weighted by atomic mass is 16.5. The summed E-state index contributed by atoms with van der Waals surface area (Å²) in [4.78, 5) is 25.5. The largest absolute Gasteiger partial charge is 0.497 e. The van der Waals surface area contributed by atoms with Crippen molar-refractivity contribution in [3.05, 3.63) is 53.6 Å². The lowest BCUT2D eigenvalue weighted by Crippen LogP contribution is -3.15. The van der Waals surface area contributed by atoms with Gasteiger partial charge in [-0.1, -0.05) is 0 Å². The van der Waals surface area contributed by atoms with Gasteiger partial charge in [0.2, 0.25) is 0 Å². The highest BCUT2D eigenvalue weighted by molar-refractivity contribution is 5.96. The molecule has 3 rings (SSSR count). The number of methoxy groups -OCH3 is 2. The lowest BCUT2D eigenvalue weighted by Gasteiger charge is -2.28. The number of carbonyl (C=O) groups is 2. The molecule has 154 valence electrons. The van der Waals surface area contributed by atoms with E-state index < -0.39 is 0 Å². The first-order chi connectivity index (χ1) is 13.9. The molecule has 1 saturated heterocycles. The molecule has 1 heterocycles. The van der Waals surface area contributed by atoms with E-state index in [0.29, 0.717) is 11.3 Å². The van der Waals surface area contributed by atoms with E-state index in [4.69, 9.17) is 9.47 Å². The molecule has 1 aliphatic heterocycles. The summed E-state index contributed by atoms with van der Waals surface area (Å²) < 4.78 is 10.9.